The fraction of sp³-hybridized carbons (Fsp3) is 0.286. The summed E-state index contributed by atoms with van der Waals surface area (Å²) >= 11 is 0. The maximum absolute atomic E-state index is 4.96. The van der Waals surface area contributed by atoms with Crippen molar-refractivity contribution in [2.24, 2.45) is 0 Å². The number of pyridine rings is 1. The molecule has 0 amide bonds. The van der Waals surface area contributed by atoms with Crippen molar-refractivity contribution in [2.75, 3.05) is 0 Å². The van der Waals surface area contributed by atoms with Crippen LogP contribution < -0.4 is 0 Å². The van der Waals surface area contributed by atoms with Gasteiger partial charge in [0.15, 0.2) is 0 Å². The first kappa shape index (κ1) is 10.3. The third-order valence-corrected chi connectivity index (χ3v) is 0.938. The van der Waals surface area contributed by atoms with Gasteiger partial charge in [-0.1, -0.05) is 19.3 Å². The van der Waals surface area contributed by atoms with Crippen LogP contribution in [-0.2, 0) is 0 Å². The Bertz CT molecular complexity index is 117. The van der Waals surface area contributed by atoms with Crippen LogP contribution in [0.5, 0.6) is 0 Å². The Kier molecular flexibility index (Phi) is 8.79. The van der Waals surface area contributed by atoms with E-state index in [0.717, 1.165) is 6.32 Å². The van der Waals surface area contributed by atoms with Crippen LogP contribution in [0.2, 0.25) is 6.32 Å². The highest BCUT2D eigenvalue weighted by Gasteiger charge is 1.73. The molecule has 4 radical (unpaired) electrons. The second kappa shape index (κ2) is 9.34. The summed E-state index contributed by atoms with van der Waals surface area (Å²) in [5.41, 5.74) is 0. The van der Waals surface area contributed by atoms with Gasteiger partial charge in [-0.25, -0.2) is 0 Å². The molecule has 0 N–H and O–H groups in total. The molecule has 1 nitrogen and oxygen atoms in total. The summed E-state index contributed by atoms with van der Waals surface area (Å²) in [5.74, 6) is 0. The summed E-state index contributed by atoms with van der Waals surface area (Å²) in [7, 11) is 8.42. The van der Waals surface area contributed by atoms with Gasteiger partial charge in [0.1, 0.15) is 0 Å². The molecule has 11 heavy (non-hydrogen) atoms. The Balaban J connectivity index is 0.000000187. The molecular weight excluding hydrogens is 131 g/mol. The van der Waals surface area contributed by atoms with Crippen LogP contribution in [0.25, 0.3) is 0 Å². The lowest BCUT2D eigenvalue weighted by Gasteiger charge is -1.74. The molecule has 4 heteroatoms. The average molecular weight is 141 g/mol. The van der Waals surface area contributed by atoms with E-state index in [9.17, 15) is 0 Å². The van der Waals surface area contributed by atoms with Gasteiger partial charge >= 0.3 is 0 Å². The van der Waals surface area contributed by atoms with Crippen molar-refractivity contribution in [3.8, 4) is 0 Å². The molecule has 0 fully saturated rings. The van der Waals surface area contributed by atoms with Crippen LogP contribution in [0.4, 0.5) is 0 Å². The number of hydrogen-bond donors (Lipinski definition) is 0. The standard InChI is InChI=1S/C5H5N.C2H5B3/c1-2-4-6-5-3-1;1-2-4-5-3/h1-5H;2H2,1H3. The molecule has 0 aromatic carbocycles. The van der Waals surface area contributed by atoms with Crippen molar-refractivity contribution in [3.63, 3.8) is 0 Å². The van der Waals surface area contributed by atoms with Crippen molar-refractivity contribution >= 4 is 22.0 Å². The highest BCUT2D eigenvalue weighted by atomic mass is 14.6. The molecule has 0 unspecified atom stereocenters. The van der Waals surface area contributed by atoms with E-state index in [1.807, 2.05) is 32.3 Å². The molecule has 1 aromatic rings. The zero-order valence-electron chi connectivity index (χ0n) is 6.77. The molecule has 1 heterocycles. The van der Waals surface area contributed by atoms with Gasteiger partial charge in [-0.15, -0.1) is 0 Å². The third-order valence-electron chi connectivity index (χ3n) is 0.938. The topological polar surface area (TPSA) is 12.9 Å². The molecule has 52 valence electrons. The van der Waals surface area contributed by atoms with Crippen molar-refractivity contribution in [3.05, 3.63) is 30.6 Å². The lowest BCUT2D eigenvalue weighted by atomic mass is 9.27. The van der Waals surface area contributed by atoms with Gasteiger partial charge in [-0.3, -0.25) is 4.98 Å². The van der Waals surface area contributed by atoms with Gasteiger partial charge < -0.3 is 0 Å². The highest BCUT2D eigenvalue weighted by Crippen LogP contribution is 1.73. The minimum absolute atomic E-state index is 1.04. The minimum atomic E-state index is 1.04. The van der Waals surface area contributed by atoms with Crippen LogP contribution in [0.1, 0.15) is 6.92 Å². The van der Waals surface area contributed by atoms with Crippen molar-refractivity contribution < 1.29 is 0 Å². The van der Waals surface area contributed by atoms with Crippen molar-refractivity contribution in [1.82, 2.24) is 4.98 Å². The number of hydrogen-bond acceptors (Lipinski definition) is 1. The zero-order chi connectivity index (χ0) is 8.36. The Morgan fingerprint density at radius 3 is 2.00 bits per heavy atom. The molecule has 0 aliphatic rings. The van der Waals surface area contributed by atoms with Crippen molar-refractivity contribution in [1.29, 1.82) is 0 Å². The maximum atomic E-state index is 4.96. The predicted octanol–water partition coefficient (Wildman–Crippen LogP) is 0.913. The number of aromatic nitrogens is 1. The summed E-state index contributed by atoms with van der Waals surface area (Å²) in [6, 6.07) is 5.72. The van der Waals surface area contributed by atoms with Gasteiger partial charge in [0.25, 0.3) is 0 Å². The quantitative estimate of drug-likeness (QED) is 0.557. The van der Waals surface area contributed by atoms with Gasteiger partial charge in [-0.05, 0) is 12.1 Å². The molecule has 0 bridgehead atoms. The summed E-state index contributed by atoms with van der Waals surface area (Å²) in [4.78, 5) is 3.78. The van der Waals surface area contributed by atoms with Gasteiger partial charge in [-0.2, -0.15) is 0 Å². The van der Waals surface area contributed by atoms with Gasteiger partial charge in [0, 0.05) is 27.2 Å². The van der Waals surface area contributed by atoms with E-state index in [1.54, 1.807) is 19.5 Å². The number of nitrogens with zero attached hydrogens (tertiary/aromatic N) is 1. The largest absolute Gasteiger partial charge is 0.265 e. The Hall–Kier alpha value is -0.655. The normalized spacial score (nSPS) is 7.36. The van der Waals surface area contributed by atoms with Crippen molar-refractivity contribution in [2.45, 2.75) is 13.2 Å². The van der Waals surface area contributed by atoms with Crippen LogP contribution in [0.15, 0.2) is 30.6 Å². The molecular formula is C7H10B3N. The van der Waals surface area contributed by atoms with E-state index < -0.39 is 0 Å². The van der Waals surface area contributed by atoms with E-state index in [0.29, 0.717) is 0 Å². The van der Waals surface area contributed by atoms with E-state index in [-0.39, 0.29) is 0 Å². The summed E-state index contributed by atoms with van der Waals surface area (Å²) in [6.07, 6.45) is 4.54. The predicted molar refractivity (Wildman–Crippen MR) is 52.0 cm³/mol. The molecule has 0 saturated heterocycles. The molecule has 0 aliphatic heterocycles. The van der Waals surface area contributed by atoms with Crippen LogP contribution >= 0.6 is 0 Å². The first-order valence-corrected chi connectivity index (χ1v) is 3.63. The Morgan fingerprint density at radius 2 is 1.91 bits per heavy atom. The molecule has 0 spiro atoms. The molecule has 0 aliphatic carbocycles. The molecule has 0 atom stereocenters. The van der Waals surface area contributed by atoms with Crippen LogP contribution in [-0.4, -0.2) is 27.0 Å². The van der Waals surface area contributed by atoms with Crippen LogP contribution in [0, 0.1) is 0 Å². The Labute approximate surface area is 71.5 Å². The van der Waals surface area contributed by atoms with Gasteiger partial charge in [0.05, 0.1) is 7.17 Å². The second-order valence-corrected chi connectivity index (χ2v) is 1.86. The molecule has 1 rings (SSSR count). The molecule has 0 saturated carbocycles. The zero-order valence-corrected chi connectivity index (χ0v) is 6.77. The first-order chi connectivity index (χ1) is 5.41. The number of rotatable bonds is 2. The lowest BCUT2D eigenvalue weighted by Crippen LogP contribution is -1.98. The van der Waals surface area contributed by atoms with Gasteiger partial charge in [0.2, 0.25) is 0 Å². The highest BCUT2D eigenvalue weighted by molar-refractivity contribution is 7.23. The summed E-state index contributed by atoms with van der Waals surface area (Å²) in [5, 5.41) is 0. The summed E-state index contributed by atoms with van der Waals surface area (Å²) in [6.45, 7) is 2.04. The van der Waals surface area contributed by atoms with E-state index in [1.165, 1.54) is 0 Å². The van der Waals surface area contributed by atoms with Crippen LogP contribution in [0.3, 0.4) is 0 Å². The van der Waals surface area contributed by atoms with E-state index in [4.69, 9.17) is 7.74 Å². The fourth-order valence-electron chi connectivity index (χ4n) is 0.449. The Morgan fingerprint density at radius 1 is 1.27 bits per heavy atom. The second-order valence-electron chi connectivity index (χ2n) is 1.86. The van der Waals surface area contributed by atoms with E-state index >= 15 is 0 Å². The lowest BCUT2D eigenvalue weighted by molar-refractivity contribution is 1.33. The van der Waals surface area contributed by atoms with E-state index in [2.05, 4.69) is 4.98 Å². The maximum Gasteiger partial charge on any atom is 0.0541 e. The average Bonchev–Trinajstić information content (AvgIpc) is 2.10. The fourth-order valence-corrected chi connectivity index (χ4v) is 0.449. The third kappa shape index (κ3) is 9.34. The smallest absolute Gasteiger partial charge is 0.0541 e. The SMILES string of the molecule is [B][B][B]CC.c1ccncc1. The monoisotopic (exact) mass is 141 g/mol. The summed E-state index contributed by atoms with van der Waals surface area (Å²) < 4.78 is 0. The first-order valence-electron chi connectivity index (χ1n) is 3.63. The molecule has 1 aromatic heterocycles. The minimum Gasteiger partial charge on any atom is -0.265 e.